The van der Waals surface area contributed by atoms with Crippen molar-refractivity contribution >= 4 is 5.82 Å². The van der Waals surface area contributed by atoms with Crippen molar-refractivity contribution in [1.29, 1.82) is 0 Å². The summed E-state index contributed by atoms with van der Waals surface area (Å²) >= 11 is 0. The molecule has 1 aromatic heterocycles. The van der Waals surface area contributed by atoms with Crippen LogP contribution in [0.1, 0.15) is 19.8 Å². The summed E-state index contributed by atoms with van der Waals surface area (Å²) in [7, 11) is 0. The fraction of sp³-hybridized carbons (Fsp3) is 0.556. The van der Waals surface area contributed by atoms with E-state index in [0.717, 1.165) is 18.7 Å². The monoisotopic (exact) mass is 181 g/mol. The lowest BCUT2D eigenvalue weighted by Gasteiger charge is -2.15. The average molecular weight is 181 g/mol. The highest BCUT2D eigenvalue weighted by molar-refractivity contribution is 5.31. The summed E-state index contributed by atoms with van der Waals surface area (Å²) in [5.41, 5.74) is 0. The number of aliphatic hydroxyl groups is 1. The molecule has 1 atom stereocenters. The first-order valence-corrected chi connectivity index (χ1v) is 4.50. The highest BCUT2D eigenvalue weighted by Crippen LogP contribution is 2.05. The van der Waals surface area contributed by atoms with Crippen molar-refractivity contribution in [2.24, 2.45) is 0 Å². The summed E-state index contributed by atoms with van der Waals surface area (Å²) in [5, 5.41) is 12.0. The summed E-state index contributed by atoms with van der Waals surface area (Å²) < 4.78 is 0. The molecule has 0 saturated carbocycles. The van der Waals surface area contributed by atoms with Crippen LogP contribution >= 0.6 is 0 Å². The Bertz CT molecular complexity index is 228. The van der Waals surface area contributed by atoms with E-state index in [2.05, 4.69) is 22.2 Å². The van der Waals surface area contributed by atoms with Gasteiger partial charge >= 0.3 is 0 Å². The van der Waals surface area contributed by atoms with E-state index in [9.17, 15) is 0 Å². The zero-order valence-corrected chi connectivity index (χ0v) is 7.77. The van der Waals surface area contributed by atoms with E-state index < -0.39 is 0 Å². The lowest BCUT2D eigenvalue weighted by atomic mass is 10.1. The molecule has 0 radical (unpaired) electrons. The number of hydrogen-bond acceptors (Lipinski definition) is 4. The first kappa shape index (κ1) is 9.92. The number of aliphatic hydroxyl groups excluding tert-OH is 1. The summed E-state index contributed by atoms with van der Waals surface area (Å²) in [4.78, 5) is 8.04. The lowest BCUT2D eigenvalue weighted by Crippen LogP contribution is -2.20. The van der Waals surface area contributed by atoms with Crippen LogP contribution in [0.4, 0.5) is 5.82 Å². The number of nitrogens with one attached hydrogen (secondary N) is 1. The van der Waals surface area contributed by atoms with Crippen molar-refractivity contribution in [2.75, 3.05) is 11.9 Å². The van der Waals surface area contributed by atoms with Crippen LogP contribution in [0.5, 0.6) is 0 Å². The molecule has 0 amide bonds. The van der Waals surface area contributed by atoms with Gasteiger partial charge in [-0.3, -0.25) is 4.98 Å². The molecule has 2 N–H and O–H groups in total. The topological polar surface area (TPSA) is 58.0 Å². The zero-order chi connectivity index (χ0) is 9.52. The summed E-state index contributed by atoms with van der Waals surface area (Å²) in [6.45, 7) is 2.27. The molecular weight excluding hydrogens is 166 g/mol. The van der Waals surface area contributed by atoms with E-state index in [4.69, 9.17) is 5.11 Å². The van der Waals surface area contributed by atoms with Gasteiger partial charge in [0.15, 0.2) is 0 Å². The quantitative estimate of drug-likeness (QED) is 0.712. The van der Waals surface area contributed by atoms with Gasteiger partial charge in [0.2, 0.25) is 0 Å². The first-order chi connectivity index (χ1) is 6.36. The molecule has 0 aliphatic rings. The minimum Gasteiger partial charge on any atom is -0.396 e. The van der Waals surface area contributed by atoms with Gasteiger partial charge in [0.25, 0.3) is 0 Å². The molecule has 1 rings (SSSR count). The normalized spacial score (nSPS) is 12.5. The molecule has 72 valence electrons. The molecule has 4 nitrogen and oxygen atoms in total. The highest BCUT2D eigenvalue weighted by atomic mass is 16.3. The third-order valence-electron chi connectivity index (χ3n) is 1.89. The van der Waals surface area contributed by atoms with Gasteiger partial charge in [-0.2, -0.15) is 0 Å². The van der Waals surface area contributed by atoms with Crippen LogP contribution in [0, 0.1) is 0 Å². The average Bonchev–Trinajstić information content (AvgIpc) is 2.19. The molecule has 1 unspecified atom stereocenters. The van der Waals surface area contributed by atoms with Crippen molar-refractivity contribution in [3.05, 3.63) is 18.6 Å². The maximum atomic E-state index is 8.77. The number of rotatable bonds is 5. The highest BCUT2D eigenvalue weighted by Gasteiger charge is 2.04. The Morgan fingerprint density at radius 3 is 2.92 bits per heavy atom. The number of anilines is 1. The molecule has 0 aliphatic heterocycles. The van der Waals surface area contributed by atoms with E-state index >= 15 is 0 Å². The Balaban J connectivity index is 2.46. The Hall–Kier alpha value is -1.16. The third kappa shape index (κ3) is 3.38. The molecule has 0 spiro atoms. The Labute approximate surface area is 78.0 Å². The van der Waals surface area contributed by atoms with Crippen molar-refractivity contribution < 1.29 is 5.11 Å². The van der Waals surface area contributed by atoms with Crippen molar-refractivity contribution in [3.63, 3.8) is 0 Å². The van der Waals surface area contributed by atoms with Crippen molar-refractivity contribution in [1.82, 2.24) is 9.97 Å². The van der Waals surface area contributed by atoms with Gasteiger partial charge in [0, 0.05) is 25.0 Å². The van der Waals surface area contributed by atoms with Crippen LogP contribution < -0.4 is 5.32 Å². The zero-order valence-electron chi connectivity index (χ0n) is 7.77. The minimum atomic E-state index is 0.200. The lowest BCUT2D eigenvalue weighted by molar-refractivity contribution is 0.278. The van der Waals surface area contributed by atoms with E-state index in [-0.39, 0.29) is 12.6 Å². The SMILES string of the molecule is CCC(CCO)Nc1cnccn1. The number of aromatic nitrogens is 2. The van der Waals surface area contributed by atoms with Crippen molar-refractivity contribution in [3.8, 4) is 0 Å². The standard InChI is InChI=1S/C9H15N3O/c1-2-8(3-6-13)12-9-7-10-4-5-11-9/h4-5,7-8,13H,2-3,6H2,1H3,(H,11,12). The molecule has 4 heteroatoms. The minimum absolute atomic E-state index is 0.200. The fourth-order valence-corrected chi connectivity index (χ4v) is 1.12. The van der Waals surface area contributed by atoms with Crippen LogP contribution in [0.3, 0.4) is 0 Å². The van der Waals surface area contributed by atoms with E-state index in [0.29, 0.717) is 0 Å². The number of hydrogen-bond donors (Lipinski definition) is 2. The van der Waals surface area contributed by atoms with Gasteiger partial charge in [-0.25, -0.2) is 4.98 Å². The summed E-state index contributed by atoms with van der Waals surface area (Å²) in [6, 6.07) is 0.279. The van der Waals surface area contributed by atoms with E-state index in [1.807, 2.05) is 0 Å². The van der Waals surface area contributed by atoms with Crippen LogP contribution in [-0.4, -0.2) is 27.7 Å². The van der Waals surface area contributed by atoms with Crippen LogP contribution in [0.15, 0.2) is 18.6 Å². The van der Waals surface area contributed by atoms with Crippen LogP contribution in [0.2, 0.25) is 0 Å². The van der Waals surface area contributed by atoms with E-state index in [1.165, 1.54) is 0 Å². The molecule has 13 heavy (non-hydrogen) atoms. The maximum Gasteiger partial charge on any atom is 0.144 e. The predicted octanol–water partition coefficient (Wildman–Crippen LogP) is 1.05. The van der Waals surface area contributed by atoms with Gasteiger partial charge in [-0.15, -0.1) is 0 Å². The van der Waals surface area contributed by atoms with Gasteiger partial charge in [-0.05, 0) is 12.8 Å². The summed E-state index contributed by atoms with van der Waals surface area (Å²) in [6.07, 6.45) is 6.68. The molecule has 1 aromatic rings. The molecule has 0 aliphatic carbocycles. The molecular formula is C9H15N3O. The predicted molar refractivity (Wildman–Crippen MR) is 51.4 cm³/mol. The van der Waals surface area contributed by atoms with Crippen LogP contribution in [0.25, 0.3) is 0 Å². The Morgan fingerprint density at radius 2 is 2.38 bits per heavy atom. The molecule has 0 bridgehead atoms. The molecule has 0 fully saturated rings. The first-order valence-electron chi connectivity index (χ1n) is 4.50. The van der Waals surface area contributed by atoms with Gasteiger partial charge in [0.1, 0.15) is 5.82 Å². The molecule has 1 heterocycles. The number of nitrogens with zero attached hydrogens (tertiary/aromatic N) is 2. The van der Waals surface area contributed by atoms with E-state index in [1.54, 1.807) is 18.6 Å². The largest absolute Gasteiger partial charge is 0.396 e. The van der Waals surface area contributed by atoms with Crippen molar-refractivity contribution in [2.45, 2.75) is 25.8 Å². The summed E-state index contributed by atoms with van der Waals surface area (Å²) in [5.74, 6) is 0.766. The van der Waals surface area contributed by atoms with Gasteiger partial charge in [0.05, 0.1) is 6.20 Å². The van der Waals surface area contributed by atoms with Gasteiger partial charge in [-0.1, -0.05) is 6.92 Å². The fourth-order valence-electron chi connectivity index (χ4n) is 1.12. The third-order valence-corrected chi connectivity index (χ3v) is 1.89. The molecule has 0 saturated heterocycles. The second-order valence-corrected chi connectivity index (χ2v) is 2.85. The smallest absolute Gasteiger partial charge is 0.144 e. The second-order valence-electron chi connectivity index (χ2n) is 2.85. The van der Waals surface area contributed by atoms with Gasteiger partial charge < -0.3 is 10.4 Å². The molecule has 0 aromatic carbocycles. The Kier molecular flexibility index (Phi) is 4.18. The van der Waals surface area contributed by atoms with Crippen LogP contribution in [-0.2, 0) is 0 Å². The Morgan fingerprint density at radius 1 is 1.54 bits per heavy atom. The maximum absolute atomic E-state index is 8.77. The second kappa shape index (κ2) is 5.48.